The maximum absolute atomic E-state index is 11.3. The summed E-state index contributed by atoms with van der Waals surface area (Å²) in [7, 11) is 3.86. The van der Waals surface area contributed by atoms with Crippen LogP contribution in [0.5, 0.6) is 0 Å². The van der Waals surface area contributed by atoms with Crippen LogP contribution in [0.3, 0.4) is 0 Å². The first-order valence-electron chi connectivity index (χ1n) is 4.97. The van der Waals surface area contributed by atoms with Crippen molar-refractivity contribution < 1.29 is 4.79 Å². The average Bonchev–Trinajstić information content (AvgIpc) is 2.32. The summed E-state index contributed by atoms with van der Waals surface area (Å²) in [5, 5.41) is 3.31. The molecule has 1 amide bonds. The van der Waals surface area contributed by atoms with Crippen LogP contribution in [0.15, 0.2) is 0 Å². The smallest absolute Gasteiger partial charge is 0.222 e. The highest BCUT2D eigenvalue weighted by Gasteiger charge is 2.33. The molecule has 1 aliphatic rings. The summed E-state index contributed by atoms with van der Waals surface area (Å²) in [5.41, 5.74) is 0. The van der Waals surface area contributed by atoms with Gasteiger partial charge in [-0.05, 0) is 13.0 Å². The molecular formula is C10H20N2O. The lowest BCUT2D eigenvalue weighted by Gasteiger charge is -2.25. The number of nitrogens with one attached hydrogen (secondary N) is 1. The topological polar surface area (TPSA) is 32.3 Å². The van der Waals surface area contributed by atoms with Crippen molar-refractivity contribution in [2.24, 2.45) is 11.8 Å². The minimum absolute atomic E-state index is 0.283. The molecule has 2 unspecified atom stereocenters. The molecule has 1 fully saturated rings. The molecule has 0 bridgehead atoms. The largest absolute Gasteiger partial charge is 0.345 e. The van der Waals surface area contributed by atoms with E-state index < -0.39 is 0 Å². The number of likely N-dealkylation sites (tertiary alicyclic amines) is 1. The van der Waals surface area contributed by atoms with E-state index in [2.05, 4.69) is 19.2 Å². The third kappa shape index (κ3) is 2.21. The molecule has 0 aromatic rings. The van der Waals surface area contributed by atoms with Crippen molar-refractivity contribution in [3.63, 3.8) is 0 Å². The second-order valence-electron chi connectivity index (χ2n) is 4.30. The fourth-order valence-corrected chi connectivity index (χ4v) is 2.25. The van der Waals surface area contributed by atoms with Crippen LogP contribution in [0.2, 0.25) is 0 Å². The molecule has 1 N–H and O–H groups in total. The summed E-state index contributed by atoms with van der Waals surface area (Å²) in [6.45, 7) is 5.30. The molecule has 0 aromatic carbocycles. The van der Waals surface area contributed by atoms with Gasteiger partial charge in [0, 0.05) is 32.0 Å². The van der Waals surface area contributed by atoms with Crippen molar-refractivity contribution in [2.45, 2.75) is 26.3 Å². The first-order chi connectivity index (χ1) is 6.06. The molecule has 3 nitrogen and oxygen atoms in total. The van der Waals surface area contributed by atoms with Gasteiger partial charge in [-0.3, -0.25) is 4.79 Å². The molecule has 1 saturated heterocycles. The zero-order valence-electron chi connectivity index (χ0n) is 9.00. The van der Waals surface area contributed by atoms with E-state index in [1.54, 1.807) is 0 Å². The highest BCUT2D eigenvalue weighted by molar-refractivity contribution is 5.78. The second kappa shape index (κ2) is 4.09. The number of hydrogen-bond donors (Lipinski definition) is 1. The zero-order valence-corrected chi connectivity index (χ0v) is 9.00. The maximum atomic E-state index is 11.3. The van der Waals surface area contributed by atoms with Crippen LogP contribution in [0.1, 0.15) is 20.3 Å². The van der Waals surface area contributed by atoms with E-state index in [9.17, 15) is 4.79 Å². The zero-order chi connectivity index (χ0) is 10.0. The van der Waals surface area contributed by atoms with Gasteiger partial charge in [-0.25, -0.2) is 0 Å². The minimum atomic E-state index is 0.283. The Hall–Kier alpha value is -0.570. The van der Waals surface area contributed by atoms with Crippen molar-refractivity contribution in [3.8, 4) is 0 Å². The number of amides is 1. The Kier molecular flexibility index (Phi) is 3.31. The molecule has 13 heavy (non-hydrogen) atoms. The van der Waals surface area contributed by atoms with Crippen molar-refractivity contribution >= 4 is 5.91 Å². The Bertz CT molecular complexity index is 191. The summed E-state index contributed by atoms with van der Waals surface area (Å²) in [5.74, 6) is 1.36. The molecule has 0 aliphatic carbocycles. The molecule has 1 aliphatic heterocycles. The van der Waals surface area contributed by atoms with Crippen LogP contribution in [0.25, 0.3) is 0 Å². The molecular weight excluding hydrogens is 164 g/mol. The molecule has 0 spiro atoms. The fourth-order valence-electron chi connectivity index (χ4n) is 2.25. The van der Waals surface area contributed by atoms with Crippen LogP contribution in [-0.2, 0) is 4.79 Å². The molecule has 76 valence electrons. The summed E-state index contributed by atoms with van der Waals surface area (Å²) >= 11 is 0. The lowest BCUT2D eigenvalue weighted by atomic mass is 9.90. The Morgan fingerprint density at radius 1 is 1.54 bits per heavy atom. The molecule has 0 radical (unpaired) electrons. The molecule has 0 saturated carbocycles. The van der Waals surface area contributed by atoms with Gasteiger partial charge in [-0.2, -0.15) is 0 Å². The van der Waals surface area contributed by atoms with E-state index in [0.717, 1.165) is 6.54 Å². The van der Waals surface area contributed by atoms with Crippen molar-refractivity contribution in [3.05, 3.63) is 0 Å². The molecule has 3 heteroatoms. The monoisotopic (exact) mass is 184 g/mol. The highest BCUT2D eigenvalue weighted by atomic mass is 16.2. The van der Waals surface area contributed by atoms with Crippen LogP contribution < -0.4 is 5.32 Å². The van der Waals surface area contributed by atoms with E-state index in [4.69, 9.17) is 0 Å². The maximum Gasteiger partial charge on any atom is 0.222 e. The summed E-state index contributed by atoms with van der Waals surface area (Å²) < 4.78 is 0. The van der Waals surface area contributed by atoms with Crippen LogP contribution >= 0.6 is 0 Å². The lowest BCUT2D eigenvalue weighted by molar-refractivity contribution is -0.126. The third-order valence-electron chi connectivity index (χ3n) is 2.93. The normalized spacial score (nSPS) is 25.8. The van der Waals surface area contributed by atoms with Gasteiger partial charge in [0.15, 0.2) is 0 Å². The van der Waals surface area contributed by atoms with Gasteiger partial charge in [-0.15, -0.1) is 0 Å². The Balaban J connectivity index is 2.57. The standard InChI is InChI=1S/C10H20N2O/c1-7(2)10(11-3)8-5-9(13)12(4)6-8/h7-8,10-11H,5-6H2,1-4H3. The Morgan fingerprint density at radius 2 is 2.15 bits per heavy atom. The van der Waals surface area contributed by atoms with Crippen LogP contribution in [0, 0.1) is 11.8 Å². The SMILES string of the molecule is CNC(C(C)C)C1CC(=O)N(C)C1. The van der Waals surface area contributed by atoms with E-state index in [1.807, 2.05) is 19.0 Å². The second-order valence-corrected chi connectivity index (χ2v) is 4.30. The first kappa shape index (κ1) is 10.5. The number of hydrogen-bond acceptors (Lipinski definition) is 2. The van der Waals surface area contributed by atoms with Gasteiger partial charge in [-0.1, -0.05) is 13.8 Å². The van der Waals surface area contributed by atoms with Gasteiger partial charge in [0.05, 0.1) is 0 Å². The van der Waals surface area contributed by atoms with E-state index >= 15 is 0 Å². The van der Waals surface area contributed by atoms with Gasteiger partial charge >= 0.3 is 0 Å². The van der Waals surface area contributed by atoms with Crippen molar-refractivity contribution in [1.82, 2.24) is 10.2 Å². The van der Waals surface area contributed by atoms with E-state index in [1.165, 1.54) is 0 Å². The predicted molar refractivity (Wildman–Crippen MR) is 53.4 cm³/mol. The summed E-state index contributed by atoms with van der Waals surface area (Å²) in [4.78, 5) is 13.2. The molecule has 1 rings (SSSR count). The third-order valence-corrected chi connectivity index (χ3v) is 2.93. The van der Waals surface area contributed by atoms with Crippen molar-refractivity contribution in [2.75, 3.05) is 20.6 Å². The molecule has 1 heterocycles. The first-order valence-corrected chi connectivity index (χ1v) is 4.97. The van der Waals surface area contributed by atoms with Crippen LogP contribution in [-0.4, -0.2) is 37.5 Å². The molecule has 0 aromatic heterocycles. The number of carbonyl (C=O) groups excluding carboxylic acids is 1. The summed E-state index contributed by atoms with van der Waals surface area (Å²) in [6, 6.07) is 0.467. The van der Waals surface area contributed by atoms with E-state index in [-0.39, 0.29) is 5.91 Å². The Labute approximate surface area is 80.5 Å². The quantitative estimate of drug-likeness (QED) is 0.700. The van der Waals surface area contributed by atoms with E-state index in [0.29, 0.717) is 24.3 Å². The fraction of sp³-hybridized carbons (Fsp3) is 0.900. The number of carbonyl (C=O) groups is 1. The minimum Gasteiger partial charge on any atom is -0.345 e. The van der Waals surface area contributed by atoms with Gasteiger partial charge in [0.25, 0.3) is 0 Å². The molecule has 2 atom stereocenters. The lowest BCUT2D eigenvalue weighted by Crippen LogP contribution is -2.39. The average molecular weight is 184 g/mol. The van der Waals surface area contributed by atoms with Gasteiger partial charge in [0.1, 0.15) is 0 Å². The van der Waals surface area contributed by atoms with Crippen LogP contribution in [0.4, 0.5) is 0 Å². The van der Waals surface area contributed by atoms with Crippen molar-refractivity contribution in [1.29, 1.82) is 0 Å². The number of nitrogens with zero attached hydrogens (tertiary/aromatic N) is 1. The van der Waals surface area contributed by atoms with Gasteiger partial charge < -0.3 is 10.2 Å². The van der Waals surface area contributed by atoms with Gasteiger partial charge in [0.2, 0.25) is 5.91 Å². The predicted octanol–water partition coefficient (Wildman–Crippen LogP) is 0.709. The Morgan fingerprint density at radius 3 is 2.46 bits per heavy atom. The highest BCUT2D eigenvalue weighted by Crippen LogP contribution is 2.23. The number of rotatable bonds is 3. The summed E-state index contributed by atoms with van der Waals surface area (Å²) in [6.07, 6.45) is 0.709.